The first kappa shape index (κ1) is 30.7. The lowest BCUT2D eigenvalue weighted by atomic mass is 9.70. The highest BCUT2D eigenvalue weighted by Crippen LogP contribution is 2.56. The third kappa shape index (κ3) is 4.41. The number of esters is 1. The number of piperazine rings is 1. The molecule has 0 saturated carbocycles. The first-order valence-electron chi connectivity index (χ1n) is 15.2. The molecule has 5 atom stereocenters. The molecule has 4 aliphatic heterocycles. The highest BCUT2D eigenvalue weighted by Gasteiger charge is 2.59. The summed E-state index contributed by atoms with van der Waals surface area (Å²) in [5.74, 6) is -0.572. The van der Waals surface area contributed by atoms with Crippen molar-refractivity contribution in [1.82, 2.24) is 9.80 Å². The minimum Gasteiger partial charge on any atom is -0.492 e. The van der Waals surface area contributed by atoms with Gasteiger partial charge in [0.1, 0.15) is 17.9 Å². The number of ether oxygens (including phenoxy) is 5. The lowest BCUT2D eigenvalue weighted by Crippen LogP contribution is -2.70. The molecular formula is C35H33N3O9. The standard InChI is InChI=1S/C35H33N3O9/c1-16-29(40)26-25(31(42)33(16)43-5)27-21-11-20-24(35-34(45-15-46-35)17(2)32(20)47-18(3)39)23(14-44-13-19-9-7-6-8-10-19)38(21)22(12-36)28(30(26)41)37(27)4/h6-11,22-23,27-28,30,41H,13-15H2,1-5H3/t22-,23-,27-,28-,30-/m0/s1. The molecular weight excluding hydrogens is 606 g/mol. The fourth-order valence-electron chi connectivity index (χ4n) is 7.68. The summed E-state index contributed by atoms with van der Waals surface area (Å²) in [6, 6.07) is 8.52. The van der Waals surface area contributed by atoms with Gasteiger partial charge in [0.2, 0.25) is 12.6 Å². The van der Waals surface area contributed by atoms with Crippen molar-refractivity contribution in [2.24, 2.45) is 0 Å². The summed E-state index contributed by atoms with van der Waals surface area (Å²) < 4.78 is 29.4. The summed E-state index contributed by atoms with van der Waals surface area (Å²) in [5.41, 5.74) is 3.21. The summed E-state index contributed by atoms with van der Waals surface area (Å²) in [6.45, 7) is 4.81. The largest absolute Gasteiger partial charge is 0.492 e. The molecule has 0 amide bonds. The van der Waals surface area contributed by atoms with Gasteiger partial charge in [0.25, 0.3) is 0 Å². The third-order valence-corrected chi connectivity index (χ3v) is 9.64. The number of carbonyl (C=O) groups is 3. The van der Waals surface area contributed by atoms with Crippen molar-refractivity contribution in [2.75, 3.05) is 27.6 Å². The number of aliphatic hydroxyl groups excluding tert-OH is 1. The van der Waals surface area contributed by atoms with Crippen molar-refractivity contribution in [3.8, 4) is 23.3 Å². The minimum absolute atomic E-state index is 0.0352. The number of likely N-dealkylation sites (N-methyl/N-ethyl adjacent to an activating group) is 1. The molecule has 0 spiro atoms. The Morgan fingerprint density at radius 1 is 1.11 bits per heavy atom. The molecule has 1 N–H and O–H groups in total. The van der Waals surface area contributed by atoms with Crippen LogP contribution in [0.1, 0.15) is 42.1 Å². The van der Waals surface area contributed by atoms with E-state index in [0.29, 0.717) is 33.9 Å². The number of hydrogen-bond donors (Lipinski definition) is 1. The van der Waals surface area contributed by atoms with Crippen LogP contribution in [-0.2, 0) is 30.5 Å². The Labute approximate surface area is 271 Å². The van der Waals surface area contributed by atoms with Crippen LogP contribution in [0.2, 0.25) is 0 Å². The number of fused-ring (bicyclic) bond motifs is 8. The van der Waals surface area contributed by atoms with Crippen LogP contribution in [0.25, 0.3) is 6.08 Å². The third-order valence-electron chi connectivity index (χ3n) is 9.64. The average molecular weight is 640 g/mol. The van der Waals surface area contributed by atoms with Crippen molar-refractivity contribution in [3.63, 3.8) is 0 Å². The fourth-order valence-corrected chi connectivity index (χ4v) is 7.68. The predicted molar refractivity (Wildman–Crippen MR) is 165 cm³/mol. The molecule has 242 valence electrons. The molecule has 1 aliphatic carbocycles. The van der Waals surface area contributed by atoms with Crippen molar-refractivity contribution in [2.45, 2.75) is 57.6 Å². The summed E-state index contributed by atoms with van der Waals surface area (Å²) in [6.07, 6.45) is 0.324. The monoisotopic (exact) mass is 639 g/mol. The maximum atomic E-state index is 14.1. The van der Waals surface area contributed by atoms with Gasteiger partial charge < -0.3 is 33.7 Å². The Bertz CT molecular complexity index is 1870. The Balaban J connectivity index is 1.48. The van der Waals surface area contributed by atoms with Crippen LogP contribution >= 0.6 is 0 Å². The molecule has 0 unspecified atom stereocenters. The van der Waals surface area contributed by atoms with Crippen molar-refractivity contribution in [3.05, 3.63) is 80.8 Å². The molecule has 2 bridgehead atoms. The molecule has 0 radical (unpaired) electrons. The van der Waals surface area contributed by atoms with Crippen molar-refractivity contribution < 1.29 is 43.2 Å². The van der Waals surface area contributed by atoms with E-state index >= 15 is 0 Å². The van der Waals surface area contributed by atoms with Crippen LogP contribution in [-0.4, -0.2) is 84.2 Å². The predicted octanol–water partition coefficient (Wildman–Crippen LogP) is 2.88. The number of rotatable bonds is 6. The number of ketones is 2. The Morgan fingerprint density at radius 2 is 1.83 bits per heavy atom. The SMILES string of the molecule is COC1=C(C)C(=O)C2=C(C1=O)[C@@H]1C3=Cc4c(OC(C)=O)c(C)c5c(c4[C@H](COCc4ccccc4)N3[C@@H](C#N)[C@@H]([C@H]2O)N1C)OCO5. The van der Waals surface area contributed by atoms with E-state index in [9.17, 15) is 24.8 Å². The van der Waals surface area contributed by atoms with E-state index in [1.54, 1.807) is 24.9 Å². The molecule has 1 saturated heterocycles. The molecule has 2 aromatic carbocycles. The Kier molecular flexibility index (Phi) is 7.43. The number of Topliss-reactive ketones (excluding diaryl/α,β-unsaturated/α-hetero) is 2. The zero-order valence-corrected chi connectivity index (χ0v) is 26.5. The number of nitriles is 1. The first-order valence-corrected chi connectivity index (χ1v) is 15.2. The number of hydrogen-bond acceptors (Lipinski definition) is 12. The molecule has 0 aromatic heterocycles. The van der Waals surface area contributed by atoms with Crippen LogP contribution < -0.4 is 14.2 Å². The second-order valence-electron chi connectivity index (χ2n) is 12.2. The quantitative estimate of drug-likeness (QED) is 0.282. The zero-order valence-electron chi connectivity index (χ0n) is 26.5. The average Bonchev–Trinajstić information content (AvgIpc) is 3.54. The van der Waals surface area contributed by atoms with Crippen molar-refractivity contribution >= 4 is 23.6 Å². The molecule has 2 aromatic rings. The maximum Gasteiger partial charge on any atom is 0.308 e. The molecule has 5 aliphatic rings. The van der Waals surface area contributed by atoms with Gasteiger partial charge in [-0.3, -0.25) is 19.3 Å². The van der Waals surface area contributed by atoms with Crippen LogP contribution in [0.15, 0.2) is 58.5 Å². The number of aliphatic hydroxyl groups is 1. The lowest BCUT2D eigenvalue weighted by Gasteiger charge is -2.58. The van der Waals surface area contributed by atoms with Gasteiger partial charge in [-0.25, -0.2) is 0 Å². The van der Waals surface area contributed by atoms with Gasteiger partial charge in [-0.15, -0.1) is 0 Å². The van der Waals surface area contributed by atoms with E-state index in [2.05, 4.69) is 6.07 Å². The summed E-state index contributed by atoms with van der Waals surface area (Å²) >= 11 is 0. The Morgan fingerprint density at radius 3 is 2.51 bits per heavy atom. The van der Waals surface area contributed by atoms with E-state index in [4.69, 9.17) is 23.7 Å². The van der Waals surface area contributed by atoms with Gasteiger partial charge in [0.15, 0.2) is 23.0 Å². The second kappa shape index (κ2) is 11.4. The number of carbonyl (C=O) groups excluding carboxylic acids is 3. The number of methoxy groups -OCH3 is 1. The van der Waals surface area contributed by atoms with Gasteiger partial charge in [0.05, 0.1) is 44.5 Å². The molecule has 47 heavy (non-hydrogen) atoms. The first-order chi connectivity index (χ1) is 22.6. The second-order valence-corrected chi connectivity index (χ2v) is 12.2. The molecule has 12 heteroatoms. The highest BCUT2D eigenvalue weighted by atomic mass is 16.7. The van der Waals surface area contributed by atoms with E-state index in [1.165, 1.54) is 21.0 Å². The van der Waals surface area contributed by atoms with Gasteiger partial charge in [0, 0.05) is 46.0 Å². The molecule has 12 nitrogen and oxygen atoms in total. The summed E-state index contributed by atoms with van der Waals surface area (Å²) in [5, 5.41) is 22.6. The van der Waals surface area contributed by atoms with Gasteiger partial charge in [-0.1, -0.05) is 30.3 Å². The van der Waals surface area contributed by atoms with E-state index < -0.39 is 47.8 Å². The van der Waals surface area contributed by atoms with Crippen LogP contribution in [0, 0.1) is 18.3 Å². The van der Waals surface area contributed by atoms with Crippen LogP contribution in [0.4, 0.5) is 0 Å². The molecule has 7 rings (SSSR count). The summed E-state index contributed by atoms with van der Waals surface area (Å²) in [7, 11) is 3.04. The van der Waals surface area contributed by atoms with E-state index in [-0.39, 0.29) is 48.2 Å². The van der Waals surface area contributed by atoms with Gasteiger partial charge in [-0.05, 0) is 32.5 Å². The number of nitrogens with zero attached hydrogens (tertiary/aromatic N) is 3. The Hall–Kier alpha value is -4.96. The minimum atomic E-state index is -1.45. The van der Waals surface area contributed by atoms with Crippen molar-refractivity contribution in [1.29, 1.82) is 5.26 Å². The van der Waals surface area contributed by atoms with Crippen LogP contribution in [0.3, 0.4) is 0 Å². The molecule has 4 heterocycles. The zero-order chi connectivity index (χ0) is 33.3. The van der Waals surface area contributed by atoms with E-state index in [1.807, 2.05) is 35.2 Å². The highest BCUT2D eigenvalue weighted by molar-refractivity contribution is 6.25. The summed E-state index contributed by atoms with van der Waals surface area (Å²) in [4.78, 5) is 43.8. The lowest BCUT2D eigenvalue weighted by molar-refractivity contribution is -0.132. The fraction of sp³-hybridized carbons (Fsp3) is 0.371. The van der Waals surface area contributed by atoms with Gasteiger partial charge >= 0.3 is 5.97 Å². The van der Waals surface area contributed by atoms with Crippen LogP contribution in [0.5, 0.6) is 17.2 Å². The smallest absolute Gasteiger partial charge is 0.308 e. The van der Waals surface area contributed by atoms with Gasteiger partial charge in [-0.2, -0.15) is 5.26 Å². The molecule has 1 fully saturated rings. The van der Waals surface area contributed by atoms with E-state index in [0.717, 1.165) is 5.56 Å². The number of allylic oxidation sites excluding steroid dienone is 2. The number of benzene rings is 2. The maximum absolute atomic E-state index is 14.1. The topological polar surface area (TPSA) is 148 Å². The normalized spacial score (nSPS) is 25.9.